The van der Waals surface area contributed by atoms with Crippen LogP contribution >= 0.6 is 12.2 Å². The van der Waals surface area contributed by atoms with E-state index in [4.69, 9.17) is 23.2 Å². The summed E-state index contributed by atoms with van der Waals surface area (Å²) in [5.74, 6) is 0. The van der Waals surface area contributed by atoms with E-state index in [0.717, 1.165) is 0 Å². The number of para-hydroxylation sites is 1. The Bertz CT molecular complexity index is 802. The molecule has 0 unspecified atom stereocenters. The van der Waals surface area contributed by atoms with Gasteiger partial charge in [0.1, 0.15) is 11.1 Å². The fraction of sp³-hybridized carbons (Fsp3) is 0.0667. The van der Waals surface area contributed by atoms with Crippen LogP contribution in [0.15, 0.2) is 48.2 Å². The summed E-state index contributed by atoms with van der Waals surface area (Å²) in [5.41, 5.74) is 6.99. The first-order chi connectivity index (χ1) is 10.5. The molecule has 22 heavy (non-hydrogen) atoms. The Morgan fingerprint density at radius 2 is 2.14 bits per heavy atom. The first-order valence-corrected chi connectivity index (χ1v) is 6.73. The third kappa shape index (κ3) is 3.37. The number of hydrogen-bond donors (Lipinski definition) is 1. The van der Waals surface area contributed by atoms with Crippen molar-refractivity contribution in [3.8, 4) is 6.07 Å². The minimum atomic E-state index is -0.413. The van der Waals surface area contributed by atoms with Gasteiger partial charge in [-0.1, -0.05) is 30.4 Å². The predicted molar refractivity (Wildman–Crippen MR) is 87.0 cm³/mol. The lowest BCUT2D eigenvalue weighted by atomic mass is 10.1. The minimum Gasteiger partial charge on any atom is -0.389 e. The zero-order valence-electron chi connectivity index (χ0n) is 11.5. The maximum absolute atomic E-state index is 11.1. The summed E-state index contributed by atoms with van der Waals surface area (Å²) < 4.78 is 1.79. The van der Waals surface area contributed by atoms with Crippen molar-refractivity contribution in [3.05, 3.63) is 69.5 Å². The number of rotatable bonds is 5. The van der Waals surface area contributed by atoms with Gasteiger partial charge >= 0.3 is 0 Å². The van der Waals surface area contributed by atoms with Crippen molar-refractivity contribution < 1.29 is 4.92 Å². The van der Waals surface area contributed by atoms with E-state index < -0.39 is 4.92 Å². The van der Waals surface area contributed by atoms with Gasteiger partial charge in [-0.3, -0.25) is 10.1 Å². The molecule has 0 spiro atoms. The number of nitrogens with zero attached hydrogens (tertiary/aromatic N) is 3. The monoisotopic (exact) mass is 312 g/mol. The smallest absolute Gasteiger partial charge is 0.274 e. The number of aromatic nitrogens is 1. The van der Waals surface area contributed by atoms with Crippen LogP contribution in [0.5, 0.6) is 0 Å². The lowest BCUT2D eigenvalue weighted by molar-refractivity contribution is -0.385. The van der Waals surface area contributed by atoms with E-state index in [1.807, 2.05) is 6.07 Å². The Morgan fingerprint density at radius 3 is 2.77 bits per heavy atom. The molecule has 6 nitrogen and oxygen atoms in total. The Balaban J connectivity index is 2.38. The second-order valence-electron chi connectivity index (χ2n) is 4.48. The summed E-state index contributed by atoms with van der Waals surface area (Å²) in [6, 6.07) is 12.0. The quantitative estimate of drug-likeness (QED) is 0.301. The highest BCUT2D eigenvalue weighted by molar-refractivity contribution is 7.80. The molecule has 1 heterocycles. The van der Waals surface area contributed by atoms with Crippen molar-refractivity contribution in [2.24, 2.45) is 5.73 Å². The highest BCUT2D eigenvalue weighted by atomic mass is 32.1. The van der Waals surface area contributed by atoms with Crippen molar-refractivity contribution in [2.45, 2.75) is 6.54 Å². The SMILES string of the molecule is N#C/C(=C\c1cccn1Cc1ccccc1[N+](=O)[O-])C(N)=S. The van der Waals surface area contributed by atoms with Crippen LogP contribution in [0.1, 0.15) is 11.3 Å². The van der Waals surface area contributed by atoms with E-state index in [-0.39, 0.29) is 16.2 Å². The topological polar surface area (TPSA) is 97.9 Å². The molecule has 0 fully saturated rings. The summed E-state index contributed by atoms with van der Waals surface area (Å²) in [4.78, 5) is 10.7. The lowest BCUT2D eigenvalue weighted by Gasteiger charge is -2.08. The Labute approximate surface area is 132 Å². The number of benzene rings is 1. The van der Waals surface area contributed by atoms with Gasteiger partial charge in [0.25, 0.3) is 5.69 Å². The van der Waals surface area contributed by atoms with Gasteiger partial charge in [0, 0.05) is 23.5 Å². The van der Waals surface area contributed by atoms with Crippen LogP contribution in [0.25, 0.3) is 6.08 Å². The van der Waals surface area contributed by atoms with E-state index >= 15 is 0 Å². The average Bonchev–Trinajstić information content (AvgIpc) is 2.91. The molecule has 0 amide bonds. The molecule has 2 N–H and O–H groups in total. The van der Waals surface area contributed by atoms with E-state index in [1.54, 1.807) is 47.2 Å². The molecule has 2 aromatic rings. The molecule has 2 rings (SSSR count). The van der Waals surface area contributed by atoms with Gasteiger partial charge in [-0.15, -0.1) is 0 Å². The van der Waals surface area contributed by atoms with Crippen molar-refractivity contribution in [3.63, 3.8) is 0 Å². The highest BCUT2D eigenvalue weighted by Gasteiger charge is 2.13. The molecule has 0 aliphatic carbocycles. The third-order valence-electron chi connectivity index (χ3n) is 3.07. The number of nitro benzene ring substituents is 1. The molecule has 0 aliphatic rings. The van der Waals surface area contributed by atoms with Crippen LogP contribution in [0, 0.1) is 21.4 Å². The van der Waals surface area contributed by atoms with E-state index in [1.165, 1.54) is 6.07 Å². The molecule has 0 aliphatic heterocycles. The van der Waals surface area contributed by atoms with Crippen LogP contribution in [-0.4, -0.2) is 14.5 Å². The lowest BCUT2D eigenvalue weighted by Crippen LogP contribution is -2.10. The van der Waals surface area contributed by atoms with Crippen LogP contribution in [0.4, 0.5) is 5.69 Å². The van der Waals surface area contributed by atoms with Gasteiger partial charge in [0.05, 0.1) is 17.0 Å². The normalized spacial score (nSPS) is 11.0. The zero-order chi connectivity index (χ0) is 16.1. The van der Waals surface area contributed by atoms with Crippen molar-refractivity contribution in [1.29, 1.82) is 5.26 Å². The molecule has 1 aromatic heterocycles. The molecule has 110 valence electrons. The maximum Gasteiger partial charge on any atom is 0.274 e. The van der Waals surface area contributed by atoms with Gasteiger partial charge in [-0.2, -0.15) is 5.26 Å². The minimum absolute atomic E-state index is 0.0148. The second kappa shape index (κ2) is 6.65. The number of nitro groups is 1. The Hall–Kier alpha value is -2.98. The number of nitriles is 1. The standard InChI is InChI=1S/C15H12N4O2S/c16-9-12(15(17)22)8-13-5-3-7-18(13)10-11-4-1-2-6-14(11)19(20)21/h1-8H,10H2,(H2,17,22)/b12-8+. The molecule has 0 saturated carbocycles. The molecule has 1 aromatic carbocycles. The first-order valence-electron chi connectivity index (χ1n) is 6.32. The van der Waals surface area contributed by atoms with E-state index in [2.05, 4.69) is 0 Å². The molecular formula is C15H12N4O2S. The van der Waals surface area contributed by atoms with Crippen LogP contribution in [0.3, 0.4) is 0 Å². The van der Waals surface area contributed by atoms with E-state index in [0.29, 0.717) is 17.8 Å². The molecular weight excluding hydrogens is 300 g/mol. The largest absolute Gasteiger partial charge is 0.389 e. The van der Waals surface area contributed by atoms with Gasteiger partial charge in [0.15, 0.2) is 0 Å². The van der Waals surface area contributed by atoms with E-state index in [9.17, 15) is 10.1 Å². The Kier molecular flexibility index (Phi) is 4.66. The number of hydrogen-bond acceptors (Lipinski definition) is 4. The molecule has 7 heteroatoms. The zero-order valence-corrected chi connectivity index (χ0v) is 12.3. The summed E-state index contributed by atoms with van der Waals surface area (Å²) in [6.45, 7) is 0.312. The van der Waals surface area contributed by atoms with Crippen molar-refractivity contribution in [1.82, 2.24) is 4.57 Å². The Morgan fingerprint density at radius 1 is 1.41 bits per heavy atom. The maximum atomic E-state index is 11.1. The summed E-state index contributed by atoms with van der Waals surface area (Å²) in [5, 5.41) is 20.1. The van der Waals surface area contributed by atoms with Crippen LogP contribution < -0.4 is 5.73 Å². The van der Waals surface area contributed by atoms with Crippen LogP contribution in [-0.2, 0) is 6.54 Å². The molecule has 0 saturated heterocycles. The molecule has 0 bridgehead atoms. The first kappa shape index (κ1) is 15.4. The van der Waals surface area contributed by atoms with Gasteiger partial charge in [0.2, 0.25) is 0 Å². The highest BCUT2D eigenvalue weighted by Crippen LogP contribution is 2.20. The molecule has 0 atom stereocenters. The molecule has 0 radical (unpaired) electrons. The fourth-order valence-corrected chi connectivity index (χ4v) is 2.12. The number of thiocarbonyl (C=S) groups is 1. The average molecular weight is 312 g/mol. The predicted octanol–water partition coefficient (Wildman–Crippen LogP) is 2.64. The van der Waals surface area contributed by atoms with Crippen molar-refractivity contribution >= 4 is 29.0 Å². The fourth-order valence-electron chi connectivity index (χ4n) is 2.01. The van der Waals surface area contributed by atoms with Crippen LogP contribution in [0.2, 0.25) is 0 Å². The van der Waals surface area contributed by atoms with Gasteiger partial charge in [-0.05, 0) is 18.2 Å². The third-order valence-corrected chi connectivity index (χ3v) is 3.29. The summed E-state index contributed by atoms with van der Waals surface area (Å²) in [7, 11) is 0. The summed E-state index contributed by atoms with van der Waals surface area (Å²) >= 11 is 4.81. The van der Waals surface area contributed by atoms with Gasteiger partial charge in [-0.25, -0.2) is 0 Å². The van der Waals surface area contributed by atoms with Gasteiger partial charge < -0.3 is 10.3 Å². The second-order valence-corrected chi connectivity index (χ2v) is 4.92. The number of nitrogens with two attached hydrogens (primary N) is 1. The summed E-state index contributed by atoms with van der Waals surface area (Å²) in [6.07, 6.45) is 3.34. The van der Waals surface area contributed by atoms with Crippen molar-refractivity contribution in [2.75, 3.05) is 0 Å².